The van der Waals surface area contributed by atoms with E-state index in [-0.39, 0.29) is 18.2 Å². The minimum Gasteiger partial charge on any atom is -0.491 e. The van der Waals surface area contributed by atoms with E-state index < -0.39 is 17.7 Å². The van der Waals surface area contributed by atoms with Gasteiger partial charge in [0.25, 0.3) is 0 Å². The van der Waals surface area contributed by atoms with Crippen molar-refractivity contribution in [2.45, 2.75) is 32.4 Å². The van der Waals surface area contributed by atoms with Crippen molar-refractivity contribution in [2.75, 3.05) is 13.7 Å². The second-order valence-corrected chi connectivity index (χ2v) is 5.98. The first-order valence-corrected chi connectivity index (χ1v) is 6.65. The average Bonchev–Trinajstić information content (AvgIpc) is 2.78. The van der Waals surface area contributed by atoms with Gasteiger partial charge in [0.2, 0.25) is 0 Å². The Balaban J connectivity index is 2.19. The molecule has 1 aromatic rings. The largest absolute Gasteiger partial charge is 0.491 e. The van der Waals surface area contributed by atoms with Crippen LogP contribution in [-0.4, -0.2) is 41.3 Å². The van der Waals surface area contributed by atoms with Gasteiger partial charge in [-0.3, -0.25) is 0 Å². The van der Waals surface area contributed by atoms with Gasteiger partial charge in [-0.05, 0) is 32.9 Å². The lowest BCUT2D eigenvalue weighted by atomic mass is 10.1. The van der Waals surface area contributed by atoms with E-state index in [9.17, 15) is 9.59 Å². The number of ether oxygens (including phenoxy) is 2. The highest BCUT2D eigenvalue weighted by molar-refractivity contribution is 5.88. The number of carbonyl (C=O) groups excluding carboxylic acids is 1. The fourth-order valence-corrected chi connectivity index (χ4v) is 2.11. The van der Waals surface area contributed by atoms with Crippen molar-refractivity contribution in [3.05, 3.63) is 29.3 Å². The van der Waals surface area contributed by atoms with Crippen molar-refractivity contribution in [1.29, 1.82) is 0 Å². The minimum atomic E-state index is -1.01. The molecule has 0 saturated heterocycles. The second-order valence-electron chi connectivity index (χ2n) is 5.98. The molecule has 0 aliphatic carbocycles. The Morgan fingerprint density at radius 1 is 1.38 bits per heavy atom. The van der Waals surface area contributed by atoms with E-state index in [4.69, 9.17) is 14.6 Å². The predicted octanol–water partition coefficient (Wildman–Crippen LogP) is 2.69. The van der Waals surface area contributed by atoms with E-state index in [1.165, 1.54) is 17.0 Å². The summed E-state index contributed by atoms with van der Waals surface area (Å²) in [5.41, 5.74) is 0.378. The first kappa shape index (κ1) is 15.2. The number of rotatable bonds is 2. The number of nitrogens with zero attached hydrogens (tertiary/aromatic N) is 1. The van der Waals surface area contributed by atoms with Crippen molar-refractivity contribution in [3.63, 3.8) is 0 Å². The Morgan fingerprint density at radius 3 is 2.62 bits per heavy atom. The first-order valence-electron chi connectivity index (χ1n) is 6.65. The van der Waals surface area contributed by atoms with Crippen LogP contribution < -0.4 is 4.74 Å². The van der Waals surface area contributed by atoms with Crippen LogP contribution in [0.5, 0.6) is 5.75 Å². The van der Waals surface area contributed by atoms with E-state index >= 15 is 0 Å². The maximum atomic E-state index is 12.1. The maximum absolute atomic E-state index is 12.1. The van der Waals surface area contributed by atoms with Gasteiger partial charge >= 0.3 is 12.1 Å². The summed E-state index contributed by atoms with van der Waals surface area (Å²) < 4.78 is 10.8. The summed E-state index contributed by atoms with van der Waals surface area (Å²) >= 11 is 0. The number of hydrogen-bond donors (Lipinski definition) is 1. The average molecular weight is 293 g/mol. The molecule has 1 aliphatic rings. The monoisotopic (exact) mass is 293 g/mol. The number of hydrogen-bond acceptors (Lipinski definition) is 4. The van der Waals surface area contributed by atoms with Gasteiger partial charge in [0.1, 0.15) is 18.0 Å². The standard InChI is InChI=1S/C15H19NO5/c1-15(2,3)21-14(19)16(4)11-8-20-12-7-9(13(17)18)5-6-10(11)12/h5-7,11H,8H2,1-4H3,(H,17,18)/t11-/m1/s1. The normalized spacial score (nSPS) is 16.9. The van der Waals surface area contributed by atoms with Gasteiger partial charge in [0, 0.05) is 12.6 Å². The van der Waals surface area contributed by atoms with Crippen LogP contribution in [0.3, 0.4) is 0 Å². The predicted molar refractivity (Wildman–Crippen MR) is 75.6 cm³/mol. The highest BCUT2D eigenvalue weighted by Crippen LogP contribution is 2.36. The Bertz CT molecular complexity index is 576. The smallest absolute Gasteiger partial charge is 0.410 e. The lowest BCUT2D eigenvalue weighted by Crippen LogP contribution is -2.37. The van der Waals surface area contributed by atoms with Gasteiger partial charge in [-0.15, -0.1) is 0 Å². The third-order valence-corrected chi connectivity index (χ3v) is 3.17. The van der Waals surface area contributed by atoms with Crippen LogP contribution in [0.1, 0.15) is 42.7 Å². The summed E-state index contributed by atoms with van der Waals surface area (Å²) in [7, 11) is 1.64. The van der Waals surface area contributed by atoms with Crippen LogP contribution in [-0.2, 0) is 4.74 Å². The molecule has 114 valence electrons. The van der Waals surface area contributed by atoms with Gasteiger partial charge in [-0.2, -0.15) is 0 Å². The highest BCUT2D eigenvalue weighted by Gasteiger charge is 2.33. The molecule has 0 radical (unpaired) electrons. The molecule has 6 heteroatoms. The Kier molecular flexibility index (Phi) is 3.80. The number of carbonyl (C=O) groups is 2. The van der Waals surface area contributed by atoms with Crippen molar-refractivity contribution < 1.29 is 24.2 Å². The van der Waals surface area contributed by atoms with E-state index in [1.54, 1.807) is 33.9 Å². The highest BCUT2D eigenvalue weighted by atomic mass is 16.6. The topological polar surface area (TPSA) is 76.1 Å². The molecule has 0 bridgehead atoms. The molecule has 0 saturated carbocycles. The zero-order chi connectivity index (χ0) is 15.8. The third kappa shape index (κ3) is 3.26. The molecule has 2 rings (SSSR count). The van der Waals surface area contributed by atoms with Crippen molar-refractivity contribution >= 4 is 12.1 Å². The molecule has 0 spiro atoms. The fourth-order valence-electron chi connectivity index (χ4n) is 2.11. The molecule has 6 nitrogen and oxygen atoms in total. The molecule has 21 heavy (non-hydrogen) atoms. The van der Waals surface area contributed by atoms with Crippen LogP contribution in [0.15, 0.2) is 18.2 Å². The van der Waals surface area contributed by atoms with E-state index in [2.05, 4.69) is 0 Å². The fraction of sp³-hybridized carbons (Fsp3) is 0.467. The quantitative estimate of drug-likeness (QED) is 0.907. The SMILES string of the molecule is CN(C(=O)OC(C)(C)C)[C@@H]1COc2cc(C(=O)O)ccc21. The second kappa shape index (κ2) is 5.27. The number of fused-ring (bicyclic) bond motifs is 1. The van der Waals surface area contributed by atoms with Crippen LogP contribution in [0.25, 0.3) is 0 Å². The Labute approximate surface area is 123 Å². The molecule has 0 aromatic heterocycles. The van der Waals surface area contributed by atoms with Crippen molar-refractivity contribution in [2.24, 2.45) is 0 Å². The summed E-state index contributed by atoms with van der Waals surface area (Å²) in [5.74, 6) is -0.513. The molecular formula is C15H19NO5. The summed E-state index contributed by atoms with van der Waals surface area (Å²) in [6.45, 7) is 5.69. The molecule has 1 aromatic carbocycles. The van der Waals surface area contributed by atoms with E-state index in [0.29, 0.717) is 5.75 Å². The third-order valence-electron chi connectivity index (χ3n) is 3.17. The summed E-state index contributed by atoms with van der Waals surface area (Å²) in [6.07, 6.45) is -0.439. The molecule has 1 N–H and O–H groups in total. The van der Waals surface area contributed by atoms with Gasteiger partial charge in [0.05, 0.1) is 11.6 Å². The molecule has 1 amide bonds. The zero-order valence-corrected chi connectivity index (χ0v) is 12.5. The molecule has 1 aliphatic heterocycles. The zero-order valence-electron chi connectivity index (χ0n) is 12.5. The molecular weight excluding hydrogens is 274 g/mol. The summed E-state index contributed by atoms with van der Waals surface area (Å²) in [4.78, 5) is 24.5. The van der Waals surface area contributed by atoms with Crippen LogP contribution in [0.4, 0.5) is 4.79 Å². The molecule has 0 unspecified atom stereocenters. The lowest BCUT2D eigenvalue weighted by molar-refractivity contribution is 0.0201. The molecule has 0 fully saturated rings. The Morgan fingerprint density at radius 2 is 2.05 bits per heavy atom. The number of amides is 1. The van der Waals surface area contributed by atoms with Gasteiger partial charge in [0.15, 0.2) is 0 Å². The Hall–Kier alpha value is -2.24. The first-order chi connectivity index (χ1) is 9.69. The van der Waals surface area contributed by atoms with Crippen LogP contribution in [0, 0.1) is 0 Å². The number of aromatic carboxylic acids is 1. The minimum absolute atomic E-state index is 0.161. The molecule has 1 heterocycles. The number of likely N-dealkylation sites (N-methyl/N-ethyl adjacent to an activating group) is 1. The summed E-state index contributed by atoms with van der Waals surface area (Å²) in [6, 6.07) is 4.38. The van der Waals surface area contributed by atoms with E-state index in [1.807, 2.05) is 0 Å². The number of benzene rings is 1. The van der Waals surface area contributed by atoms with Crippen LogP contribution >= 0.6 is 0 Å². The van der Waals surface area contributed by atoms with Gasteiger partial charge in [-0.25, -0.2) is 9.59 Å². The van der Waals surface area contributed by atoms with Gasteiger partial charge < -0.3 is 19.5 Å². The van der Waals surface area contributed by atoms with Gasteiger partial charge in [-0.1, -0.05) is 6.07 Å². The van der Waals surface area contributed by atoms with Crippen LogP contribution in [0.2, 0.25) is 0 Å². The maximum Gasteiger partial charge on any atom is 0.410 e. The number of carboxylic acid groups (broad SMARTS) is 1. The van der Waals surface area contributed by atoms with Crippen molar-refractivity contribution in [3.8, 4) is 5.75 Å². The number of carboxylic acids is 1. The summed E-state index contributed by atoms with van der Waals surface area (Å²) in [5, 5.41) is 8.97. The van der Waals surface area contributed by atoms with E-state index in [0.717, 1.165) is 5.56 Å². The molecule has 1 atom stereocenters. The lowest BCUT2D eigenvalue weighted by Gasteiger charge is -2.28. The van der Waals surface area contributed by atoms with Crippen molar-refractivity contribution in [1.82, 2.24) is 4.90 Å².